The molecule has 2 bridgehead atoms. The minimum Gasteiger partial charge on any atom is -0.394 e. The normalized spacial score (nSPS) is 32.2. The van der Waals surface area contributed by atoms with Gasteiger partial charge in [0, 0.05) is 17.1 Å². The number of carbonyl (C=O) groups excluding carboxylic acids is 3. The molecular formula is C26H36BrN3O5. The molecule has 3 heterocycles. The Hall–Kier alpha value is -1.97. The first-order valence-corrected chi connectivity index (χ1v) is 13.4. The lowest BCUT2D eigenvalue weighted by molar-refractivity contribution is -0.145. The lowest BCUT2D eigenvalue weighted by Gasteiger charge is -2.38. The number of nitrogens with zero attached hydrogens (tertiary/aromatic N) is 1. The second-order valence-electron chi connectivity index (χ2n) is 10.5. The summed E-state index contributed by atoms with van der Waals surface area (Å²) < 4.78 is 6.50. The fourth-order valence-electron chi connectivity index (χ4n) is 6.08. The Morgan fingerprint density at radius 1 is 1.29 bits per heavy atom. The molecule has 0 saturated carbocycles. The van der Waals surface area contributed by atoms with Gasteiger partial charge in [0.05, 0.1) is 30.6 Å². The Labute approximate surface area is 215 Å². The second-order valence-corrected chi connectivity index (χ2v) is 11.7. The van der Waals surface area contributed by atoms with Crippen molar-refractivity contribution in [3.63, 3.8) is 0 Å². The van der Waals surface area contributed by atoms with E-state index in [2.05, 4.69) is 26.6 Å². The molecule has 0 aliphatic carbocycles. The van der Waals surface area contributed by atoms with E-state index in [1.807, 2.05) is 52.8 Å². The van der Waals surface area contributed by atoms with Crippen molar-refractivity contribution >= 4 is 39.3 Å². The molecule has 3 aliphatic heterocycles. The number of rotatable bonds is 8. The molecule has 1 aromatic carbocycles. The summed E-state index contributed by atoms with van der Waals surface area (Å²) in [6.45, 7) is 9.89. The number of anilines is 1. The number of halogens is 1. The number of hydrogen-bond acceptors (Lipinski definition) is 5. The van der Waals surface area contributed by atoms with Gasteiger partial charge in [0.1, 0.15) is 11.6 Å². The van der Waals surface area contributed by atoms with Crippen LogP contribution in [0.5, 0.6) is 0 Å². The highest BCUT2D eigenvalue weighted by molar-refractivity contribution is 9.09. The molecule has 0 aromatic heterocycles. The van der Waals surface area contributed by atoms with Gasteiger partial charge >= 0.3 is 0 Å². The second kappa shape index (κ2) is 9.82. The van der Waals surface area contributed by atoms with Crippen molar-refractivity contribution in [1.82, 2.24) is 10.2 Å². The van der Waals surface area contributed by atoms with Crippen molar-refractivity contribution in [3.05, 3.63) is 29.3 Å². The standard InChI is InChI=1S/C26H36BrN3O5/c1-6-9-28-23(32)19-20-25(34)30(18(12-31)13(2)3)22(26(20)11-16(27)21(19)35-26)24(33)29-17-10-14(4)7-8-15(17)5/h7-8,10,13,16,18-22,31H,6,9,11-12H2,1-5H3,(H,28,32)(H,29,33)/t16?,18-,19-,20-,21-,22?,26?/m0/s1. The highest BCUT2D eigenvalue weighted by Gasteiger charge is 2.77. The first-order valence-electron chi connectivity index (χ1n) is 12.5. The molecule has 9 heteroatoms. The molecule has 1 aromatic rings. The zero-order chi connectivity index (χ0) is 25.7. The van der Waals surface area contributed by atoms with Crippen LogP contribution in [0.3, 0.4) is 0 Å². The Balaban J connectivity index is 1.78. The summed E-state index contributed by atoms with van der Waals surface area (Å²) >= 11 is 3.68. The largest absolute Gasteiger partial charge is 0.394 e. The maximum Gasteiger partial charge on any atom is 0.250 e. The molecule has 3 N–H and O–H groups in total. The number of benzene rings is 1. The highest BCUT2D eigenvalue weighted by atomic mass is 79.9. The molecule has 3 unspecified atom stereocenters. The summed E-state index contributed by atoms with van der Waals surface area (Å²) in [6.07, 6.45) is 0.715. The molecular weight excluding hydrogens is 514 g/mol. The molecule has 3 saturated heterocycles. The van der Waals surface area contributed by atoms with Crippen LogP contribution in [0.2, 0.25) is 0 Å². The van der Waals surface area contributed by atoms with Gasteiger partial charge in [-0.25, -0.2) is 0 Å². The van der Waals surface area contributed by atoms with Crippen molar-refractivity contribution in [1.29, 1.82) is 0 Å². The van der Waals surface area contributed by atoms with Gasteiger partial charge < -0.3 is 25.4 Å². The Morgan fingerprint density at radius 3 is 2.63 bits per heavy atom. The highest BCUT2D eigenvalue weighted by Crippen LogP contribution is 2.60. The van der Waals surface area contributed by atoms with Gasteiger partial charge in [-0.05, 0) is 49.8 Å². The quantitative estimate of drug-likeness (QED) is 0.432. The maximum absolute atomic E-state index is 14.0. The van der Waals surface area contributed by atoms with Crippen molar-refractivity contribution < 1.29 is 24.2 Å². The molecule has 35 heavy (non-hydrogen) atoms. The summed E-state index contributed by atoms with van der Waals surface area (Å²) in [6, 6.07) is 4.27. The first-order chi connectivity index (χ1) is 16.6. The van der Waals surface area contributed by atoms with E-state index < -0.39 is 35.6 Å². The third-order valence-corrected chi connectivity index (χ3v) is 8.64. The van der Waals surface area contributed by atoms with Crippen LogP contribution in [-0.2, 0) is 19.1 Å². The van der Waals surface area contributed by atoms with E-state index in [0.717, 1.165) is 17.5 Å². The Kier molecular flexibility index (Phi) is 7.33. The third kappa shape index (κ3) is 4.19. The van der Waals surface area contributed by atoms with Crippen LogP contribution in [-0.4, -0.2) is 69.5 Å². The molecule has 1 spiro atoms. The molecule has 7 atom stereocenters. The van der Waals surface area contributed by atoms with Crippen LogP contribution >= 0.6 is 15.9 Å². The molecule has 192 valence electrons. The first kappa shape index (κ1) is 26.1. The number of aliphatic hydroxyl groups is 1. The van der Waals surface area contributed by atoms with Crippen LogP contribution in [0.25, 0.3) is 0 Å². The van der Waals surface area contributed by atoms with E-state index in [-0.39, 0.29) is 35.1 Å². The van der Waals surface area contributed by atoms with E-state index in [9.17, 15) is 19.5 Å². The van der Waals surface area contributed by atoms with Crippen molar-refractivity contribution in [2.24, 2.45) is 17.8 Å². The van der Waals surface area contributed by atoms with Gasteiger partial charge in [0.2, 0.25) is 17.7 Å². The Bertz CT molecular complexity index is 1020. The average Bonchev–Trinajstić information content (AvgIpc) is 3.39. The monoisotopic (exact) mass is 549 g/mol. The predicted molar refractivity (Wildman–Crippen MR) is 136 cm³/mol. The summed E-state index contributed by atoms with van der Waals surface area (Å²) in [4.78, 5) is 42.6. The van der Waals surface area contributed by atoms with Gasteiger partial charge in [0.25, 0.3) is 0 Å². The average molecular weight is 550 g/mol. The van der Waals surface area contributed by atoms with Crippen LogP contribution < -0.4 is 10.6 Å². The number of amides is 3. The molecule has 0 radical (unpaired) electrons. The zero-order valence-electron chi connectivity index (χ0n) is 21.0. The fourth-order valence-corrected chi connectivity index (χ4v) is 7.02. The number of hydrogen-bond donors (Lipinski definition) is 3. The maximum atomic E-state index is 14.0. The van der Waals surface area contributed by atoms with Crippen LogP contribution in [0.1, 0.15) is 44.7 Å². The zero-order valence-corrected chi connectivity index (χ0v) is 22.6. The number of aliphatic hydroxyl groups excluding tert-OH is 1. The smallest absolute Gasteiger partial charge is 0.250 e. The van der Waals surface area contributed by atoms with Crippen LogP contribution in [0.4, 0.5) is 5.69 Å². The number of aryl methyl sites for hydroxylation is 2. The summed E-state index contributed by atoms with van der Waals surface area (Å²) in [5.74, 6) is -2.44. The number of likely N-dealkylation sites (tertiary alicyclic amines) is 1. The predicted octanol–water partition coefficient (Wildman–Crippen LogP) is 2.53. The van der Waals surface area contributed by atoms with Gasteiger partial charge in [-0.1, -0.05) is 48.8 Å². The summed E-state index contributed by atoms with van der Waals surface area (Å²) in [5, 5.41) is 16.2. The van der Waals surface area contributed by atoms with Crippen molar-refractivity contribution in [2.45, 2.75) is 76.1 Å². The van der Waals surface area contributed by atoms with Crippen LogP contribution in [0.15, 0.2) is 18.2 Å². The minimum atomic E-state index is -1.14. The van der Waals surface area contributed by atoms with Gasteiger partial charge in [-0.3, -0.25) is 14.4 Å². The molecule has 8 nitrogen and oxygen atoms in total. The number of alkyl halides is 1. The fraction of sp³-hybridized carbons (Fsp3) is 0.654. The summed E-state index contributed by atoms with van der Waals surface area (Å²) in [5.41, 5.74) is 1.44. The molecule has 4 rings (SSSR count). The number of ether oxygens (including phenoxy) is 1. The Morgan fingerprint density at radius 2 is 2.00 bits per heavy atom. The van der Waals surface area contributed by atoms with Crippen molar-refractivity contribution in [3.8, 4) is 0 Å². The molecule has 3 aliphatic rings. The topological polar surface area (TPSA) is 108 Å². The minimum absolute atomic E-state index is 0.0977. The van der Waals surface area contributed by atoms with E-state index in [1.165, 1.54) is 4.90 Å². The number of fused-ring (bicyclic) bond motifs is 1. The van der Waals surface area contributed by atoms with E-state index in [0.29, 0.717) is 18.7 Å². The number of nitrogens with one attached hydrogen (secondary N) is 2. The lowest BCUT2D eigenvalue weighted by Crippen LogP contribution is -2.57. The van der Waals surface area contributed by atoms with Gasteiger partial charge in [-0.15, -0.1) is 0 Å². The van der Waals surface area contributed by atoms with Crippen LogP contribution in [0, 0.1) is 31.6 Å². The van der Waals surface area contributed by atoms with Gasteiger partial charge in [-0.2, -0.15) is 0 Å². The SMILES string of the molecule is CCCNC(=O)[C@H]1[C@H]2C(=O)N([C@@H](CO)C(C)C)C(C(=O)Nc3cc(C)ccc3C)C23CC(Br)[C@@H]1O3. The summed E-state index contributed by atoms with van der Waals surface area (Å²) in [7, 11) is 0. The van der Waals surface area contributed by atoms with E-state index >= 15 is 0 Å². The number of carbonyl (C=O) groups is 3. The molecule has 3 fully saturated rings. The van der Waals surface area contributed by atoms with E-state index in [4.69, 9.17) is 4.74 Å². The van der Waals surface area contributed by atoms with E-state index in [1.54, 1.807) is 0 Å². The lowest BCUT2D eigenvalue weighted by atomic mass is 9.70. The molecule has 3 amide bonds. The van der Waals surface area contributed by atoms with Gasteiger partial charge in [0.15, 0.2) is 0 Å². The van der Waals surface area contributed by atoms with Crippen molar-refractivity contribution in [2.75, 3.05) is 18.5 Å². The third-order valence-electron chi connectivity index (χ3n) is 7.79.